The number of halogens is 1. The molecule has 1 aliphatic carbocycles. The van der Waals surface area contributed by atoms with Crippen molar-refractivity contribution in [2.24, 2.45) is 0 Å². The maximum Gasteiger partial charge on any atom is 0.0754 e. The topological polar surface area (TPSA) is 3.24 Å². The lowest BCUT2D eigenvalue weighted by atomic mass is 9.64. The number of hydrogen-bond donors (Lipinski definition) is 0. The van der Waals surface area contributed by atoms with Crippen molar-refractivity contribution < 1.29 is 0 Å². The van der Waals surface area contributed by atoms with Gasteiger partial charge >= 0.3 is 0 Å². The molecule has 0 radical (unpaired) electrons. The molecule has 0 unspecified atom stereocenters. The average molecular weight is 563 g/mol. The monoisotopic (exact) mass is 561 g/mol. The number of nitrogens with zero attached hydrogens (tertiary/aromatic N) is 1. The van der Waals surface area contributed by atoms with Crippen LogP contribution in [0.1, 0.15) is 22.3 Å². The highest BCUT2D eigenvalue weighted by atomic mass is 79.9. The van der Waals surface area contributed by atoms with Gasteiger partial charge < -0.3 is 4.90 Å². The molecule has 39 heavy (non-hydrogen) atoms. The Balaban J connectivity index is 1.46. The molecule has 0 aromatic heterocycles. The minimum atomic E-state index is -0.406. The quantitative estimate of drug-likeness (QED) is 0.203. The molecule has 1 aliphatic heterocycles. The van der Waals surface area contributed by atoms with Crippen LogP contribution in [0, 0.1) is 0 Å². The van der Waals surface area contributed by atoms with E-state index < -0.39 is 5.41 Å². The summed E-state index contributed by atoms with van der Waals surface area (Å²) < 4.78 is 1.14. The summed E-state index contributed by atoms with van der Waals surface area (Å²) in [5.41, 5.74) is 13.5. The summed E-state index contributed by atoms with van der Waals surface area (Å²) >= 11 is 3.92. The van der Waals surface area contributed by atoms with Crippen LogP contribution in [0.2, 0.25) is 0 Å². The van der Waals surface area contributed by atoms with Gasteiger partial charge in [0.05, 0.1) is 16.8 Å². The van der Waals surface area contributed by atoms with Gasteiger partial charge in [-0.15, -0.1) is 0 Å². The second-order valence-electron chi connectivity index (χ2n) is 10.2. The Bertz CT molecular complexity index is 1840. The van der Waals surface area contributed by atoms with Crippen LogP contribution in [0.15, 0.2) is 150 Å². The number of rotatable bonds is 2. The molecule has 8 rings (SSSR count). The molecule has 2 aliphatic rings. The SMILES string of the molecule is Brc1cccc2c1-c1ccccc1C21c2ccccc2N(c2cccc(-c3ccccc3)c2)c2ccccc21. The Labute approximate surface area is 237 Å². The first-order chi connectivity index (χ1) is 19.3. The number of para-hydroxylation sites is 2. The van der Waals surface area contributed by atoms with Crippen LogP contribution in [0.4, 0.5) is 17.1 Å². The van der Waals surface area contributed by atoms with Crippen molar-refractivity contribution in [2.75, 3.05) is 4.90 Å². The van der Waals surface area contributed by atoms with Crippen LogP contribution in [-0.2, 0) is 5.41 Å². The van der Waals surface area contributed by atoms with E-state index in [-0.39, 0.29) is 0 Å². The Hall–Kier alpha value is -4.40. The maximum absolute atomic E-state index is 3.92. The molecular formula is C37H24BrN. The second kappa shape index (κ2) is 8.56. The van der Waals surface area contributed by atoms with Crippen molar-refractivity contribution in [1.29, 1.82) is 0 Å². The van der Waals surface area contributed by atoms with Gasteiger partial charge in [-0.1, -0.05) is 131 Å². The fraction of sp³-hybridized carbons (Fsp3) is 0.0270. The van der Waals surface area contributed by atoms with Gasteiger partial charge in [-0.2, -0.15) is 0 Å². The molecule has 0 saturated carbocycles. The molecule has 6 aromatic carbocycles. The van der Waals surface area contributed by atoms with Crippen LogP contribution in [0.3, 0.4) is 0 Å². The predicted molar refractivity (Wildman–Crippen MR) is 165 cm³/mol. The molecule has 1 heterocycles. The third-order valence-corrected chi connectivity index (χ3v) is 8.99. The zero-order valence-corrected chi connectivity index (χ0v) is 22.8. The van der Waals surface area contributed by atoms with E-state index in [1.807, 2.05) is 0 Å². The Morgan fingerprint density at radius 1 is 0.462 bits per heavy atom. The van der Waals surface area contributed by atoms with Gasteiger partial charge in [0.15, 0.2) is 0 Å². The van der Waals surface area contributed by atoms with Crippen molar-refractivity contribution >= 4 is 33.0 Å². The van der Waals surface area contributed by atoms with Gasteiger partial charge in [0, 0.05) is 15.7 Å². The summed E-state index contributed by atoms with van der Waals surface area (Å²) in [5.74, 6) is 0. The molecule has 2 heteroatoms. The Morgan fingerprint density at radius 2 is 1.03 bits per heavy atom. The van der Waals surface area contributed by atoms with E-state index in [1.165, 1.54) is 55.9 Å². The molecular weight excluding hydrogens is 538 g/mol. The zero-order valence-electron chi connectivity index (χ0n) is 21.2. The van der Waals surface area contributed by atoms with Gasteiger partial charge in [0.1, 0.15) is 0 Å². The van der Waals surface area contributed by atoms with Crippen molar-refractivity contribution in [3.05, 3.63) is 172 Å². The largest absolute Gasteiger partial charge is 0.310 e. The van der Waals surface area contributed by atoms with Crippen molar-refractivity contribution in [2.45, 2.75) is 5.41 Å². The van der Waals surface area contributed by atoms with Crippen LogP contribution < -0.4 is 4.90 Å². The zero-order chi connectivity index (χ0) is 26.0. The minimum Gasteiger partial charge on any atom is -0.310 e. The third kappa shape index (κ3) is 3.07. The van der Waals surface area contributed by atoms with E-state index in [9.17, 15) is 0 Å². The van der Waals surface area contributed by atoms with Crippen LogP contribution in [0.25, 0.3) is 22.3 Å². The Kier molecular flexibility index (Phi) is 4.95. The molecule has 0 atom stereocenters. The molecule has 0 bridgehead atoms. The highest BCUT2D eigenvalue weighted by Gasteiger charge is 2.51. The van der Waals surface area contributed by atoms with E-state index in [4.69, 9.17) is 0 Å². The van der Waals surface area contributed by atoms with Gasteiger partial charge in [-0.25, -0.2) is 0 Å². The molecule has 0 fully saturated rings. The molecule has 0 amide bonds. The molecule has 0 saturated heterocycles. The van der Waals surface area contributed by atoms with Crippen molar-refractivity contribution in [1.82, 2.24) is 0 Å². The van der Waals surface area contributed by atoms with Crippen molar-refractivity contribution in [3.8, 4) is 22.3 Å². The number of fused-ring (bicyclic) bond motifs is 9. The molecule has 0 N–H and O–H groups in total. The maximum atomic E-state index is 3.92. The number of hydrogen-bond acceptors (Lipinski definition) is 1. The minimum absolute atomic E-state index is 0.406. The van der Waals surface area contributed by atoms with Crippen LogP contribution >= 0.6 is 15.9 Å². The van der Waals surface area contributed by atoms with Crippen LogP contribution in [0.5, 0.6) is 0 Å². The Morgan fingerprint density at radius 3 is 1.77 bits per heavy atom. The smallest absolute Gasteiger partial charge is 0.0754 e. The summed E-state index contributed by atoms with van der Waals surface area (Å²) in [7, 11) is 0. The first-order valence-electron chi connectivity index (χ1n) is 13.3. The van der Waals surface area contributed by atoms with Crippen LogP contribution in [-0.4, -0.2) is 0 Å². The molecule has 1 spiro atoms. The van der Waals surface area contributed by atoms with E-state index in [2.05, 4.69) is 166 Å². The van der Waals surface area contributed by atoms with Gasteiger partial charge in [0.25, 0.3) is 0 Å². The van der Waals surface area contributed by atoms with Gasteiger partial charge in [0.2, 0.25) is 0 Å². The van der Waals surface area contributed by atoms with E-state index in [0.29, 0.717) is 0 Å². The summed E-state index contributed by atoms with van der Waals surface area (Å²) in [6, 6.07) is 53.0. The second-order valence-corrected chi connectivity index (χ2v) is 11.1. The van der Waals surface area contributed by atoms with E-state index in [0.717, 1.165) is 10.2 Å². The summed E-state index contributed by atoms with van der Waals surface area (Å²) in [6.45, 7) is 0. The highest BCUT2D eigenvalue weighted by Crippen LogP contribution is 2.64. The lowest BCUT2D eigenvalue weighted by Crippen LogP contribution is -2.36. The van der Waals surface area contributed by atoms with E-state index in [1.54, 1.807) is 0 Å². The number of anilines is 3. The van der Waals surface area contributed by atoms with E-state index >= 15 is 0 Å². The lowest BCUT2D eigenvalue weighted by Gasteiger charge is -2.45. The normalized spacial score (nSPS) is 13.9. The summed E-state index contributed by atoms with van der Waals surface area (Å²) in [6.07, 6.45) is 0. The fourth-order valence-electron chi connectivity index (χ4n) is 6.84. The highest BCUT2D eigenvalue weighted by molar-refractivity contribution is 9.10. The first-order valence-corrected chi connectivity index (χ1v) is 14.1. The van der Waals surface area contributed by atoms with Crippen molar-refractivity contribution in [3.63, 3.8) is 0 Å². The lowest BCUT2D eigenvalue weighted by molar-refractivity contribution is 0.752. The third-order valence-electron chi connectivity index (χ3n) is 8.33. The van der Waals surface area contributed by atoms with Gasteiger partial charge in [-0.05, 0) is 69.3 Å². The summed E-state index contributed by atoms with van der Waals surface area (Å²) in [5, 5.41) is 0. The predicted octanol–water partition coefficient (Wildman–Crippen LogP) is 10.3. The first kappa shape index (κ1) is 22.6. The molecule has 184 valence electrons. The molecule has 1 nitrogen and oxygen atoms in total. The average Bonchev–Trinajstić information content (AvgIpc) is 3.30. The molecule has 6 aromatic rings. The number of benzene rings is 6. The van der Waals surface area contributed by atoms with Gasteiger partial charge in [-0.3, -0.25) is 0 Å². The fourth-order valence-corrected chi connectivity index (χ4v) is 7.42. The summed E-state index contributed by atoms with van der Waals surface area (Å²) in [4.78, 5) is 2.45. The standard InChI is InChI=1S/C37H24BrN/c38-33-21-11-20-32-36(33)28-16-4-5-17-29(28)37(32)30-18-6-8-22-34(30)39(35-23-9-7-19-31(35)37)27-15-10-14-26(24-27)25-12-2-1-3-13-25/h1-24H.